The fourth-order valence-electron chi connectivity index (χ4n) is 21.0. The van der Waals surface area contributed by atoms with Crippen molar-refractivity contribution in [3.8, 4) is 83.8 Å². The zero-order valence-electron chi connectivity index (χ0n) is 70.6. The van der Waals surface area contributed by atoms with Crippen LogP contribution in [0, 0.1) is 0 Å². The Bertz CT molecular complexity index is 9160. The van der Waals surface area contributed by atoms with Crippen molar-refractivity contribution in [3.05, 3.63) is 491 Å². The van der Waals surface area contributed by atoms with Gasteiger partial charge in [-0.3, -0.25) is 0 Å². The smallest absolute Gasteiger partial charge is 0.0547 e. The van der Waals surface area contributed by atoms with E-state index >= 15 is 0 Å². The van der Waals surface area contributed by atoms with E-state index in [-0.39, 0.29) is 0 Å². The first-order valence-corrected chi connectivity index (χ1v) is 44.6. The van der Waals surface area contributed by atoms with Gasteiger partial charge in [-0.15, -0.1) is 0 Å². The van der Waals surface area contributed by atoms with Gasteiger partial charge in [0.1, 0.15) is 0 Å². The minimum Gasteiger partial charge on any atom is -0.309 e. The van der Waals surface area contributed by atoms with E-state index in [0.29, 0.717) is 0 Å². The van der Waals surface area contributed by atoms with Crippen LogP contribution in [0.15, 0.2) is 491 Å². The van der Waals surface area contributed by atoms with E-state index in [1.165, 1.54) is 246 Å². The number of rotatable bonds is 9. The molecule has 0 spiro atoms. The molecule has 27 rings (SSSR count). The minimum atomic E-state index is 1.18. The lowest BCUT2D eigenvalue weighted by molar-refractivity contribution is 1.18. The van der Waals surface area contributed by atoms with Gasteiger partial charge in [0.2, 0.25) is 0 Å². The van der Waals surface area contributed by atoms with E-state index in [2.05, 4.69) is 505 Å². The first-order valence-electron chi connectivity index (χ1n) is 44.6. The molecule has 24 aromatic carbocycles. The van der Waals surface area contributed by atoms with Crippen LogP contribution in [0.25, 0.3) is 246 Å². The highest BCUT2D eigenvalue weighted by molar-refractivity contribution is 6.24. The molecule has 0 radical (unpaired) electrons. The molecule has 3 heteroatoms. The van der Waals surface area contributed by atoms with Gasteiger partial charge in [0.05, 0.1) is 33.1 Å². The molecule has 0 aliphatic carbocycles. The highest BCUT2D eigenvalue weighted by Crippen LogP contribution is 2.47. The minimum absolute atomic E-state index is 1.18. The highest BCUT2D eigenvalue weighted by Gasteiger charge is 2.22. The monoisotopic (exact) mass is 1640 g/mol. The van der Waals surface area contributed by atoms with E-state index < -0.39 is 0 Å². The van der Waals surface area contributed by atoms with Crippen LogP contribution in [0.4, 0.5) is 0 Å². The van der Waals surface area contributed by atoms with E-state index in [1.807, 2.05) is 0 Å². The van der Waals surface area contributed by atoms with Crippen molar-refractivity contribution in [1.82, 2.24) is 13.7 Å². The summed E-state index contributed by atoms with van der Waals surface area (Å²) < 4.78 is 7.15. The molecule has 3 nitrogen and oxygen atoms in total. The van der Waals surface area contributed by atoms with Crippen molar-refractivity contribution in [2.75, 3.05) is 0 Å². The summed E-state index contributed by atoms with van der Waals surface area (Å²) in [5, 5.41) is 30.7. The van der Waals surface area contributed by atoms with Crippen LogP contribution >= 0.6 is 0 Å². The average molecular weight is 1640 g/mol. The lowest BCUT2D eigenvalue weighted by atomic mass is 9.89. The number of para-hydroxylation sites is 6. The number of aromatic nitrogens is 3. The zero-order chi connectivity index (χ0) is 85.0. The van der Waals surface area contributed by atoms with E-state index in [1.54, 1.807) is 0 Å². The van der Waals surface area contributed by atoms with Gasteiger partial charge in [-0.2, -0.15) is 0 Å². The van der Waals surface area contributed by atoms with Crippen LogP contribution in [0.1, 0.15) is 0 Å². The lowest BCUT2D eigenvalue weighted by Gasteiger charge is -2.15. The Balaban J connectivity index is 0.000000105. The van der Waals surface area contributed by atoms with E-state index in [0.717, 1.165) is 0 Å². The molecule has 0 atom stereocenters. The maximum absolute atomic E-state index is 2.39. The maximum Gasteiger partial charge on any atom is 0.0547 e. The molecule has 129 heavy (non-hydrogen) atoms. The van der Waals surface area contributed by atoms with Gasteiger partial charge in [0.15, 0.2) is 0 Å². The van der Waals surface area contributed by atoms with Gasteiger partial charge in [-0.1, -0.05) is 382 Å². The number of fused-ring (bicyclic) bond motifs is 21. The Kier molecular flexibility index (Phi) is 18.0. The normalized spacial score (nSPS) is 11.7. The van der Waals surface area contributed by atoms with Crippen LogP contribution in [0.5, 0.6) is 0 Å². The molecule has 0 N–H and O–H groups in total. The first kappa shape index (κ1) is 74.6. The Morgan fingerprint density at radius 2 is 0.357 bits per heavy atom. The third kappa shape index (κ3) is 12.7. The van der Waals surface area contributed by atoms with Crippen LogP contribution in [0.2, 0.25) is 0 Å². The molecule has 0 bridgehead atoms. The molecule has 0 fully saturated rings. The summed E-state index contributed by atoms with van der Waals surface area (Å²) in [6.07, 6.45) is 0. The van der Waals surface area contributed by atoms with Crippen molar-refractivity contribution in [1.29, 1.82) is 0 Å². The van der Waals surface area contributed by atoms with Crippen LogP contribution < -0.4 is 0 Å². The summed E-state index contributed by atoms with van der Waals surface area (Å²) in [4.78, 5) is 0. The fourth-order valence-corrected chi connectivity index (χ4v) is 21.0. The molecule has 3 aromatic heterocycles. The summed E-state index contributed by atoms with van der Waals surface area (Å²) in [5.74, 6) is 0. The molecule has 0 amide bonds. The van der Waals surface area contributed by atoms with Crippen molar-refractivity contribution in [2.45, 2.75) is 0 Å². The number of hydrogen-bond donors (Lipinski definition) is 0. The second kappa shape index (κ2) is 31.1. The summed E-state index contributed by atoms with van der Waals surface area (Å²) in [7, 11) is 0. The van der Waals surface area contributed by atoms with Crippen molar-refractivity contribution in [2.24, 2.45) is 0 Å². The SMILES string of the molecule is c1ccc(-n2c3ccccc3c3cc(-c4cccc(-c5c6ccccc6cc6c5ccc5ccccc56)c4)ccc32)cc1.c1ccc(-n2c3ccccc3c3ccc(-c4ccc(-c5c6ccccc6cc6c5ccc5ccccc56)cc4)cc32)cc1.c1ccc(-n2c3ccccc3c3ccc(-c4cccc(-c5c6ccccc6cc6c5ccc5ccccc56)c4)cc32)cc1. The van der Waals surface area contributed by atoms with Gasteiger partial charge >= 0.3 is 0 Å². The molecule has 0 saturated heterocycles. The predicted octanol–water partition coefficient (Wildman–Crippen LogP) is 34.7. The second-order valence-electron chi connectivity index (χ2n) is 34.1. The molecule has 0 aliphatic heterocycles. The largest absolute Gasteiger partial charge is 0.309 e. The van der Waals surface area contributed by atoms with Crippen LogP contribution in [-0.4, -0.2) is 13.7 Å². The highest BCUT2D eigenvalue weighted by atomic mass is 15.0. The molecule has 27 aromatic rings. The standard InChI is InChI=1S/3C42H27N/c1-2-15-33(16-3-1)43-40-20-9-8-19-36(40)37-23-22-30(27-41(37)43)29-13-10-14-32(25-29)42-35-18-7-5-12-31(35)26-39-34-17-6-4-11-28(34)21-24-38(39)42;1-2-15-33(16-3-1)43-40-20-9-8-19-36(40)39-26-30(22-24-41(39)43)29-13-10-14-32(25-29)42-35-18-7-5-12-31(35)27-38-34-17-6-4-11-28(34)21-23-37(38)42;1-2-12-33(13-3-1)43-40-17-9-8-16-36(40)37-24-23-31(27-41(37)43)28-18-20-30(21-19-28)42-35-15-7-5-11-32(35)26-39-34-14-6-4-10-29(34)22-25-38(39)42/h3*1-27H. The van der Waals surface area contributed by atoms with E-state index in [9.17, 15) is 0 Å². The maximum atomic E-state index is 2.39. The quantitative estimate of drug-likeness (QED) is 0.101. The average Bonchev–Trinajstić information content (AvgIpc) is 1.74. The van der Waals surface area contributed by atoms with Crippen molar-refractivity contribution < 1.29 is 0 Å². The molecule has 0 unspecified atom stereocenters. The van der Waals surface area contributed by atoms with Crippen LogP contribution in [-0.2, 0) is 0 Å². The van der Waals surface area contributed by atoms with Gasteiger partial charge in [-0.25, -0.2) is 0 Å². The Labute approximate surface area is 746 Å². The summed E-state index contributed by atoms with van der Waals surface area (Å²) in [6.45, 7) is 0. The van der Waals surface area contributed by atoms with Gasteiger partial charge in [0, 0.05) is 49.4 Å². The molecule has 0 saturated carbocycles. The van der Waals surface area contributed by atoms with Gasteiger partial charge < -0.3 is 13.7 Å². The van der Waals surface area contributed by atoms with Gasteiger partial charge in [-0.05, 0) is 273 Å². The van der Waals surface area contributed by atoms with Crippen molar-refractivity contribution in [3.63, 3.8) is 0 Å². The van der Waals surface area contributed by atoms with Crippen LogP contribution in [0.3, 0.4) is 0 Å². The molecule has 600 valence electrons. The van der Waals surface area contributed by atoms with Gasteiger partial charge in [0.25, 0.3) is 0 Å². The number of nitrogens with zero attached hydrogens (tertiary/aromatic N) is 3. The summed E-state index contributed by atoms with van der Waals surface area (Å²) in [6, 6.07) is 179. The summed E-state index contributed by atoms with van der Waals surface area (Å²) in [5.41, 5.74) is 25.8. The van der Waals surface area contributed by atoms with Crippen molar-refractivity contribution >= 4 is 162 Å². The third-order valence-electron chi connectivity index (χ3n) is 26.8. The topological polar surface area (TPSA) is 14.8 Å². The first-order chi connectivity index (χ1) is 64.0. The fraction of sp³-hybridized carbons (Fsp3) is 0. The molecular formula is C126H81N3. The number of hydrogen-bond acceptors (Lipinski definition) is 0. The molecular weight excluding hydrogens is 1560 g/mol. The second-order valence-corrected chi connectivity index (χ2v) is 34.1. The summed E-state index contributed by atoms with van der Waals surface area (Å²) >= 11 is 0. The van der Waals surface area contributed by atoms with E-state index in [4.69, 9.17) is 0 Å². The molecule has 3 heterocycles. The predicted molar refractivity (Wildman–Crippen MR) is 553 cm³/mol. The third-order valence-corrected chi connectivity index (χ3v) is 26.8. The Morgan fingerprint density at radius 1 is 0.101 bits per heavy atom. The Morgan fingerprint density at radius 3 is 0.760 bits per heavy atom. The number of benzene rings is 24. The lowest BCUT2D eigenvalue weighted by Crippen LogP contribution is -1.93. The Hall–Kier alpha value is -17.0. The molecule has 0 aliphatic rings. The zero-order valence-corrected chi connectivity index (χ0v) is 70.6.